The molecule has 2 aromatic carbocycles. The molecule has 0 bridgehead atoms. The Morgan fingerprint density at radius 3 is 2.95 bits per heavy atom. The number of thioether (sulfide) groups is 1. The predicted molar refractivity (Wildman–Crippen MR) is 82.1 cm³/mol. The number of carbonyl (C=O) groups excluding carboxylic acids is 1. The molecule has 0 spiro atoms. The molecule has 1 aliphatic heterocycles. The second-order valence-electron chi connectivity index (χ2n) is 4.56. The number of carbonyl (C=O) groups is 1. The molecule has 0 N–H and O–H groups in total. The zero-order valence-electron chi connectivity index (χ0n) is 10.8. The highest BCUT2D eigenvalue weighted by Gasteiger charge is 2.15. The van der Waals surface area contributed by atoms with Crippen LogP contribution in [0.4, 0.5) is 0 Å². The molecule has 20 heavy (non-hydrogen) atoms. The first-order chi connectivity index (χ1) is 9.74. The molecule has 0 aromatic heterocycles. The van der Waals surface area contributed by atoms with Gasteiger partial charge in [-0.15, -0.1) is 11.8 Å². The zero-order valence-corrected chi connectivity index (χ0v) is 12.3. The molecule has 102 valence electrons. The summed E-state index contributed by atoms with van der Waals surface area (Å²) in [6, 6.07) is 13.2. The number of Topliss-reactive ketones (excluding diaryl/α,β-unsaturated/α-hetero) is 1. The normalized spacial score (nSPS) is 12.8. The smallest absolute Gasteiger partial charge is 0.173 e. The van der Waals surface area contributed by atoms with Crippen molar-refractivity contribution >= 4 is 29.1 Å². The largest absolute Gasteiger partial charge is 0.493 e. The number of ketones is 1. The van der Waals surface area contributed by atoms with Crippen molar-refractivity contribution in [2.24, 2.45) is 0 Å². The van der Waals surface area contributed by atoms with Crippen LogP contribution < -0.4 is 4.74 Å². The van der Waals surface area contributed by atoms with Crippen LogP contribution in [0.2, 0.25) is 5.02 Å². The Balaban J connectivity index is 1.69. The minimum absolute atomic E-state index is 0.115. The maximum atomic E-state index is 12.2. The van der Waals surface area contributed by atoms with Crippen molar-refractivity contribution in [1.29, 1.82) is 0 Å². The van der Waals surface area contributed by atoms with Gasteiger partial charge in [-0.1, -0.05) is 23.7 Å². The Labute approximate surface area is 127 Å². The van der Waals surface area contributed by atoms with Crippen LogP contribution in [0.3, 0.4) is 0 Å². The van der Waals surface area contributed by atoms with Crippen LogP contribution >= 0.6 is 23.4 Å². The molecule has 1 heterocycles. The number of hydrogen-bond donors (Lipinski definition) is 0. The molecule has 2 nitrogen and oxygen atoms in total. The molecule has 0 unspecified atom stereocenters. The number of rotatable bonds is 4. The van der Waals surface area contributed by atoms with E-state index in [9.17, 15) is 4.79 Å². The van der Waals surface area contributed by atoms with E-state index in [2.05, 4.69) is 0 Å². The fourth-order valence-electron chi connectivity index (χ4n) is 2.15. The second-order valence-corrected chi connectivity index (χ2v) is 5.99. The first kappa shape index (κ1) is 13.5. The van der Waals surface area contributed by atoms with Crippen molar-refractivity contribution in [3.8, 4) is 5.75 Å². The van der Waals surface area contributed by atoms with Gasteiger partial charge in [0.25, 0.3) is 0 Å². The van der Waals surface area contributed by atoms with E-state index in [1.165, 1.54) is 11.8 Å². The van der Waals surface area contributed by atoms with Gasteiger partial charge in [-0.3, -0.25) is 4.79 Å². The summed E-state index contributed by atoms with van der Waals surface area (Å²) in [4.78, 5) is 13.2. The van der Waals surface area contributed by atoms with Gasteiger partial charge in [0.15, 0.2) is 5.78 Å². The van der Waals surface area contributed by atoms with E-state index in [-0.39, 0.29) is 5.78 Å². The van der Waals surface area contributed by atoms with Crippen molar-refractivity contribution < 1.29 is 9.53 Å². The molecule has 0 fully saturated rings. The number of halogens is 1. The average Bonchev–Trinajstić information content (AvgIpc) is 2.93. The Bertz CT molecular complexity index is 655. The van der Waals surface area contributed by atoms with Gasteiger partial charge in [0, 0.05) is 16.9 Å². The number of ether oxygens (including phenoxy) is 1. The highest BCUT2D eigenvalue weighted by Crippen LogP contribution is 2.29. The lowest BCUT2D eigenvalue weighted by molar-refractivity contribution is 0.102. The Hall–Kier alpha value is -1.45. The molecular formula is C16H13ClO2S. The second kappa shape index (κ2) is 5.90. The summed E-state index contributed by atoms with van der Waals surface area (Å²) in [6.07, 6.45) is 0.883. The quantitative estimate of drug-likeness (QED) is 0.624. The molecule has 0 saturated heterocycles. The SMILES string of the molecule is O=C(CSc1ccccc1Cl)c1ccc2c(c1)CCO2. The van der Waals surface area contributed by atoms with Crippen LogP contribution in [-0.2, 0) is 6.42 Å². The Morgan fingerprint density at radius 1 is 1.25 bits per heavy atom. The van der Waals surface area contributed by atoms with Crippen LogP contribution in [0.1, 0.15) is 15.9 Å². The molecule has 1 aliphatic rings. The van der Waals surface area contributed by atoms with Gasteiger partial charge in [0.1, 0.15) is 5.75 Å². The molecule has 0 saturated carbocycles. The van der Waals surface area contributed by atoms with Crippen molar-refractivity contribution in [3.63, 3.8) is 0 Å². The van der Waals surface area contributed by atoms with Crippen LogP contribution in [0.5, 0.6) is 5.75 Å². The summed E-state index contributed by atoms with van der Waals surface area (Å²) >= 11 is 7.55. The molecule has 0 aliphatic carbocycles. The van der Waals surface area contributed by atoms with E-state index in [0.29, 0.717) is 17.4 Å². The van der Waals surface area contributed by atoms with Crippen molar-refractivity contribution in [1.82, 2.24) is 0 Å². The van der Waals surface area contributed by atoms with Crippen LogP contribution in [0, 0.1) is 0 Å². The van der Waals surface area contributed by atoms with Crippen LogP contribution in [0.15, 0.2) is 47.4 Å². The van der Waals surface area contributed by atoms with E-state index in [4.69, 9.17) is 16.3 Å². The van der Waals surface area contributed by atoms with Gasteiger partial charge in [-0.25, -0.2) is 0 Å². The maximum absolute atomic E-state index is 12.2. The zero-order chi connectivity index (χ0) is 13.9. The first-order valence-corrected chi connectivity index (χ1v) is 7.76. The summed E-state index contributed by atoms with van der Waals surface area (Å²) in [5.74, 6) is 1.41. The predicted octanol–water partition coefficient (Wildman–Crippen LogP) is 4.25. The van der Waals surface area contributed by atoms with Gasteiger partial charge >= 0.3 is 0 Å². The maximum Gasteiger partial charge on any atom is 0.173 e. The molecular weight excluding hydrogens is 292 g/mol. The Morgan fingerprint density at radius 2 is 2.10 bits per heavy atom. The lowest BCUT2D eigenvalue weighted by atomic mass is 10.1. The fraction of sp³-hybridized carbons (Fsp3) is 0.188. The summed E-state index contributed by atoms with van der Waals surface area (Å²) in [5.41, 5.74) is 1.87. The van der Waals surface area contributed by atoms with Gasteiger partial charge in [0.05, 0.1) is 17.4 Å². The minimum atomic E-state index is 0.115. The fourth-order valence-corrected chi connectivity index (χ4v) is 3.28. The first-order valence-electron chi connectivity index (χ1n) is 6.40. The molecule has 2 aromatic rings. The highest BCUT2D eigenvalue weighted by molar-refractivity contribution is 8.00. The average molecular weight is 305 g/mol. The van der Waals surface area contributed by atoms with Crippen molar-refractivity contribution in [2.75, 3.05) is 12.4 Å². The molecule has 0 amide bonds. The standard InChI is InChI=1S/C16H13ClO2S/c17-13-3-1-2-4-16(13)20-10-14(18)11-5-6-15-12(9-11)7-8-19-15/h1-6,9H,7-8,10H2. The third-order valence-electron chi connectivity index (χ3n) is 3.21. The van der Waals surface area contributed by atoms with Gasteiger partial charge in [-0.2, -0.15) is 0 Å². The van der Waals surface area contributed by atoms with Gasteiger partial charge in [0.2, 0.25) is 0 Å². The summed E-state index contributed by atoms with van der Waals surface area (Å²) < 4.78 is 5.44. The number of fused-ring (bicyclic) bond motifs is 1. The molecule has 4 heteroatoms. The monoisotopic (exact) mass is 304 g/mol. The van der Waals surface area contributed by atoms with E-state index >= 15 is 0 Å². The number of benzene rings is 2. The van der Waals surface area contributed by atoms with Gasteiger partial charge < -0.3 is 4.74 Å². The van der Waals surface area contributed by atoms with Crippen LogP contribution in [-0.4, -0.2) is 18.1 Å². The molecule has 3 rings (SSSR count). The van der Waals surface area contributed by atoms with E-state index in [1.807, 2.05) is 42.5 Å². The van der Waals surface area contributed by atoms with Crippen LogP contribution in [0.25, 0.3) is 0 Å². The van der Waals surface area contributed by atoms with Crippen molar-refractivity contribution in [2.45, 2.75) is 11.3 Å². The third-order valence-corrected chi connectivity index (χ3v) is 4.72. The summed E-state index contributed by atoms with van der Waals surface area (Å²) in [5, 5.41) is 0.688. The lowest BCUT2D eigenvalue weighted by Crippen LogP contribution is -2.02. The van der Waals surface area contributed by atoms with Gasteiger partial charge in [-0.05, 0) is 35.9 Å². The van der Waals surface area contributed by atoms with Crippen molar-refractivity contribution in [3.05, 3.63) is 58.6 Å². The Kier molecular flexibility index (Phi) is 3.99. The lowest BCUT2D eigenvalue weighted by Gasteiger charge is -2.05. The summed E-state index contributed by atoms with van der Waals surface area (Å²) in [7, 11) is 0. The van der Waals surface area contributed by atoms with E-state index in [0.717, 1.165) is 28.2 Å². The molecule has 0 atom stereocenters. The minimum Gasteiger partial charge on any atom is -0.493 e. The van der Waals surface area contributed by atoms with E-state index < -0.39 is 0 Å². The summed E-state index contributed by atoms with van der Waals surface area (Å²) in [6.45, 7) is 0.710. The highest BCUT2D eigenvalue weighted by atomic mass is 35.5. The van der Waals surface area contributed by atoms with E-state index in [1.54, 1.807) is 0 Å². The third kappa shape index (κ3) is 2.84. The topological polar surface area (TPSA) is 26.3 Å². The molecule has 0 radical (unpaired) electrons. The number of hydrogen-bond acceptors (Lipinski definition) is 3.